The van der Waals surface area contributed by atoms with Gasteiger partial charge in [0.05, 0.1) is 22.8 Å². The Labute approximate surface area is 223 Å². The van der Waals surface area contributed by atoms with Crippen LogP contribution in [0, 0.1) is 12.7 Å². The van der Waals surface area contributed by atoms with E-state index < -0.39 is 49.5 Å². The highest BCUT2D eigenvalue weighted by Crippen LogP contribution is 2.43. The minimum absolute atomic E-state index is 0.0571. The molecule has 0 saturated heterocycles. The second-order valence-electron chi connectivity index (χ2n) is 9.82. The molecule has 200 valence electrons. The van der Waals surface area contributed by atoms with Crippen molar-refractivity contribution in [2.75, 3.05) is 6.54 Å². The summed E-state index contributed by atoms with van der Waals surface area (Å²) < 4.78 is 72.8. The van der Waals surface area contributed by atoms with Crippen LogP contribution >= 0.6 is 11.6 Å². The summed E-state index contributed by atoms with van der Waals surface area (Å²) in [5.74, 6) is -5.52. The monoisotopic (exact) mass is 563 g/mol. The molecule has 0 spiro atoms. The first-order valence-electron chi connectivity index (χ1n) is 12.4. The lowest BCUT2D eigenvalue weighted by atomic mass is 9.93. The molecule has 0 unspecified atom stereocenters. The molecule has 1 aromatic heterocycles. The van der Waals surface area contributed by atoms with Crippen LogP contribution in [0.3, 0.4) is 0 Å². The zero-order chi connectivity index (χ0) is 27.2. The molecule has 0 aliphatic heterocycles. The zero-order valence-electron chi connectivity index (χ0n) is 20.5. The molecule has 2 aromatic carbocycles. The van der Waals surface area contributed by atoms with Crippen LogP contribution in [0.4, 0.5) is 13.2 Å². The van der Waals surface area contributed by atoms with Crippen LogP contribution in [0.2, 0.25) is 5.02 Å². The molecule has 2 aliphatic rings. The predicted molar refractivity (Wildman–Crippen MR) is 135 cm³/mol. The van der Waals surface area contributed by atoms with E-state index in [0.29, 0.717) is 36.1 Å². The van der Waals surface area contributed by atoms with Gasteiger partial charge in [-0.3, -0.25) is 4.79 Å². The Morgan fingerprint density at radius 1 is 1.13 bits per heavy atom. The zero-order valence-corrected chi connectivity index (χ0v) is 22.1. The molecule has 38 heavy (non-hydrogen) atoms. The van der Waals surface area contributed by atoms with Gasteiger partial charge >= 0.3 is 0 Å². The third-order valence-corrected chi connectivity index (χ3v) is 8.99. The van der Waals surface area contributed by atoms with E-state index in [-0.39, 0.29) is 22.1 Å². The maximum Gasteiger partial charge on any atom is 0.291 e. The van der Waals surface area contributed by atoms with Gasteiger partial charge in [-0.15, -0.1) is 5.10 Å². The highest BCUT2D eigenvalue weighted by Gasteiger charge is 2.38. The van der Waals surface area contributed by atoms with Crippen LogP contribution in [0.5, 0.6) is 0 Å². The Balaban J connectivity index is 1.54. The summed E-state index contributed by atoms with van der Waals surface area (Å²) in [4.78, 5) is 12.8. The summed E-state index contributed by atoms with van der Waals surface area (Å²) in [6.45, 7) is 0.580. The average Bonchev–Trinajstić information content (AvgIpc) is 3.72. The summed E-state index contributed by atoms with van der Waals surface area (Å²) in [5.41, 5.74) is 0.917. The van der Waals surface area contributed by atoms with Gasteiger partial charge in [0.25, 0.3) is 11.8 Å². The van der Waals surface area contributed by atoms with Gasteiger partial charge in [-0.1, -0.05) is 35.9 Å². The standard InChI is InChI=1S/C27H25ClF3N3O3S/c1-15-9-12-19(20(28)13-15)27(30,31)14-32-25(35)23-18-5-2-3-7-21(18)33-34-26(23)38(36,37)22-8-4-6-17(24(22)29)16-10-11-16/h4,6,8-9,12-13,16H,2-3,5,7,10-11,14H2,1H3,(H,32,35). The Hall–Kier alpha value is -2.98. The van der Waals surface area contributed by atoms with Crippen LogP contribution in [0.15, 0.2) is 46.3 Å². The molecule has 6 nitrogen and oxygen atoms in total. The normalized spacial score (nSPS) is 15.7. The van der Waals surface area contributed by atoms with E-state index in [1.165, 1.54) is 30.3 Å². The molecule has 0 radical (unpaired) electrons. The second kappa shape index (κ2) is 9.96. The first-order valence-corrected chi connectivity index (χ1v) is 14.2. The maximum absolute atomic E-state index is 15.3. The fourth-order valence-electron chi connectivity index (χ4n) is 4.82. The number of aryl methyl sites for hydroxylation is 2. The summed E-state index contributed by atoms with van der Waals surface area (Å²) in [6.07, 6.45) is 3.71. The van der Waals surface area contributed by atoms with Gasteiger partial charge in [-0.25, -0.2) is 12.8 Å². The lowest BCUT2D eigenvalue weighted by molar-refractivity contribution is -0.00243. The molecule has 0 atom stereocenters. The van der Waals surface area contributed by atoms with Crippen molar-refractivity contribution in [1.82, 2.24) is 15.5 Å². The van der Waals surface area contributed by atoms with Gasteiger partial charge in [-0.2, -0.15) is 13.9 Å². The predicted octanol–water partition coefficient (Wildman–Crippen LogP) is 5.69. The average molecular weight is 564 g/mol. The van der Waals surface area contributed by atoms with Crippen LogP contribution < -0.4 is 5.32 Å². The SMILES string of the molecule is Cc1ccc(C(F)(F)CNC(=O)c2c(S(=O)(=O)c3cccc(C4CC4)c3F)nnc3c2CCCC3)c(Cl)c1. The van der Waals surface area contributed by atoms with E-state index in [9.17, 15) is 13.2 Å². The van der Waals surface area contributed by atoms with Crippen molar-refractivity contribution in [2.45, 2.75) is 67.2 Å². The third kappa shape index (κ3) is 4.91. The first-order chi connectivity index (χ1) is 18.0. The van der Waals surface area contributed by atoms with E-state index in [2.05, 4.69) is 15.5 Å². The molecule has 1 fully saturated rings. The number of benzene rings is 2. The van der Waals surface area contributed by atoms with E-state index >= 15 is 13.2 Å². The molecule has 2 aliphatic carbocycles. The number of alkyl halides is 2. The molecule has 3 aromatic rings. The highest BCUT2D eigenvalue weighted by molar-refractivity contribution is 7.91. The van der Waals surface area contributed by atoms with E-state index in [1.807, 2.05) is 0 Å². The molecule has 1 saturated carbocycles. The third-order valence-electron chi connectivity index (χ3n) is 6.99. The highest BCUT2D eigenvalue weighted by atomic mass is 35.5. The van der Waals surface area contributed by atoms with Crippen molar-refractivity contribution in [2.24, 2.45) is 0 Å². The number of hydrogen-bond acceptors (Lipinski definition) is 5. The second-order valence-corrected chi connectivity index (χ2v) is 12.1. The number of amides is 1. The summed E-state index contributed by atoms with van der Waals surface area (Å²) in [5, 5.41) is 9.16. The fraction of sp³-hybridized carbons (Fsp3) is 0.370. The lowest BCUT2D eigenvalue weighted by Gasteiger charge is -2.22. The first kappa shape index (κ1) is 26.6. The Kier molecular flexibility index (Phi) is 6.98. The topological polar surface area (TPSA) is 89.0 Å². The lowest BCUT2D eigenvalue weighted by Crippen LogP contribution is -2.37. The number of aromatic nitrogens is 2. The number of hydrogen-bond donors (Lipinski definition) is 1. The number of nitrogens with one attached hydrogen (secondary N) is 1. The number of sulfone groups is 1. The number of rotatable bonds is 7. The molecule has 1 amide bonds. The van der Waals surface area contributed by atoms with E-state index in [1.54, 1.807) is 6.92 Å². The van der Waals surface area contributed by atoms with Crippen molar-refractivity contribution >= 4 is 27.3 Å². The molecule has 11 heteroatoms. The Morgan fingerprint density at radius 2 is 1.87 bits per heavy atom. The number of carbonyl (C=O) groups excluding carboxylic acids is 1. The Bertz CT molecular complexity index is 1540. The van der Waals surface area contributed by atoms with Crippen LogP contribution in [-0.2, 0) is 28.6 Å². The summed E-state index contributed by atoms with van der Waals surface area (Å²) in [7, 11) is -4.64. The minimum atomic E-state index is -4.64. The minimum Gasteiger partial charge on any atom is -0.346 e. The largest absolute Gasteiger partial charge is 0.346 e. The van der Waals surface area contributed by atoms with E-state index in [4.69, 9.17) is 11.6 Å². The van der Waals surface area contributed by atoms with Gasteiger partial charge in [0.2, 0.25) is 9.84 Å². The van der Waals surface area contributed by atoms with E-state index in [0.717, 1.165) is 25.3 Å². The van der Waals surface area contributed by atoms with Gasteiger partial charge in [0, 0.05) is 5.56 Å². The van der Waals surface area contributed by atoms with Crippen molar-refractivity contribution in [3.63, 3.8) is 0 Å². The molecule has 1 heterocycles. The van der Waals surface area contributed by atoms with Gasteiger partial charge in [0.1, 0.15) is 10.7 Å². The molecule has 0 bridgehead atoms. The number of halogens is 4. The van der Waals surface area contributed by atoms with Crippen molar-refractivity contribution in [3.8, 4) is 0 Å². The fourth-order valence-corrected chi connectivity index (χ4v) is 6.64. The van der Waals surface area contributed by atoms with Crippen LogP contribution in [-0.4, -0.2) is 31.1 Å². The quantitative estimate of drug-likeness (QED) is 0.399. The van der Waals surface area contributed by atoms with Crippen LogP contribution in [0.1, 0.15) is 69.9 Å². The molecule has 5 rings (SSSR count). The molecule has 1 N–H and O–H groups in total. The smallest absolute Gasteiger partial charge is 0.291 e. The molecular formula is C27H25ClF3N3O3S. The summed E-state index contributed by atoms with van der Waals surface area (Å²) in [6, 6.07) is 8.16. The van der Waals surface area contributed by atoms with Crippen molar-refractivity contribution in [3.05, 3.63) is 80.7 Å². The number of fused-ring (bicyclic) bond motifs is 1. The maximum atomic E-state index is 15.3. The number of nitrogens with zero attached hydrogens (tertiary/aromatic N) is 2. The summed E-state index contributed by atoms with van der Waals surface area (Å²) >= 11 is 6.02. The van der Waals surface area contributed by atoms with Gasteiger partial charge in [-0.05, 0) is 80.2 Å². The van der Waals surface area contributed by atoms with Crippen molar-refractivity contribution in [1.29, 1.82) is 0 Å². The van der Waals surface area contributed by atoms with Gasteiger partial charge in [0.15, 0.2) is 5.03 Å². The van der Waals surface area contributed by atoms with Crippen LogP contribution in [0.25, 0.3) is 0 Å². The Morgan fingerprint density at radius 3 is 2.58 bits per heavy atom. The van der Waals surface area contributed by atoms with Gasteiger partial charge < -0.3 is 5.32 Å². The van der Waals surface area contributed by atoms with Crippen molar-refractivity contribution < 1.29 is 26.4 Å². The molecular weight excluding hydrogens is 539 g/mol. The number of carbonyl (C=O) groups is 1.